The molecule has 1 atom stereocenters. The lowest BCUT2D eigenvalue weighted by Gasteiger charge is -2.12. The highest BCUT2D eigenvalue weighted by molar-refractivity contribution is 7.99. The van der Waals surface area contributed by atoms with Crippen LogP contribution >= 0.6 is 11.8 Å². The lowest BCUT2D eigenvalue weighted by atomic mass is 10.2. The second-order valence-electron chi connectivity index (χ2n) is 4.21. The maximum atomic E-state index is 5.50. The van der Waals surface area contributed by atoms with E-state index in [4.69, 9.17) is 4.42 Å². The van der Waals surface area contributed by atoms with E-state index in [1.807, 2.05) is 25.6 Å². The predicted octanol–water partition coefficient (Wildman–Crippen LogP) is 3.52. The normalized spacial score (nSPS) is 13.0. The van der Waals surface area contributed by atoms with Crippen molar-refractivity contribution >= 4 is 11.8 Å². The van der Waals surface area contributed by atoms with Crippen LogP contribution in [0, 0.1) is 13.8 Å². The minimum atomic E-state index is 0.577. The molecule has 1 heterocycles. The van der Waals surface area contributed by atoms with Gasteiger partial charge < -0.3 is 9.73 Å². The summed E-state index contributed by atoms with van der Waals surface area (Å²) in [6.07, 6.45) is 1.23. The summed E-state index contributed by atoms with van der Waals surface area (Å²) in [5, 5.41) is 3.54. The van der Waals surface area contributed by atoms with Crippen LogP contribution in [-0.4, -0.2) is 17.5 Å². The Balaban J connectivity index is 2.26. The van der Waals surface area contributed by atoms with E-state index in [-0.39, 0.29) is 0 Å². The van der Waals surface area contributed by atoms with Crippen molar-refractivity contribution in [3.63, 3.8) is 0 Å². The van der Waals surface area contributed by atoms with Crippen molar-refractivity contribution in [3.05, 3.63) is 23.2 Å². The predicted molar refractivity (Wildman–Crippen MR) is 72.1 cm³/mol. The zero-order valence-corrected chi connectivity index (χ0v) is 11.6. The van der Waals surface area contributed by atoms with E-state index >= 15 is 0 Å². The van der Waals surface area contributed by atoms with Crippen LogP contribution in [0.25, 0.3) is 0 Å². The molecule has 92 valence electrons. The van der Waals surface area contributed by atoms with Gasteiger partial charge in [0.1, 0.15) is 11.5 Å². The summed E-state index contributed by atoms with van der Waals surface area (Å²) in [5.74, 6) is 4.50. The third-order valence-electron chi connectivity index (χ3n) is 2.68. The molecule has 0 aromatic carbocycles. The third kappa shape index (κ3) is 4.62. The molecule has 1 aromatic heterocycles. The second kappa shape index (κ2) is 7.02. The first-order valence-corrected chi connectivity index (χ1v) is 7.16. The summed E-state index contributed by atoms with van der Waals surface area (Å²) in [6, 6.07) is 2.70. The Bertz CT molecular complexity index is 309. The van der Waals surface area contributed by atoms with Crippen LogP contribution in [0.5, 0.6) is 0 Å². The van der Waals surface area contributed by atoms with Crippen molar-refractivity contribution in [1.82, 2.24) is 5.32 Å². The quantitative estimate of drug-likeness (QED) is 0.739. The first-order chi connectivity index (χ1) is 7.63. The Morgan fingerprint density at radius 1 is 1.44 bits per heavy atom. The lowest BCUT2D eigenvalue weighted by Crippen LogP contribution is -2.26. The molecule has 16 heavy (non-hydrogen) atoms. The maximum Gasteiger partial charge on any atom is 0.105 e. The average molecular weight is 241 g/mol. The number of furan rings is 1. The standard InChI is InChI=1S/C13H23NOS/c1-5-16-7-6-10(2)14-9-13-8-11(3)15-12(13)4/h8,10,14H,5-7,9H2,1-4H3. The lowest BCUT2D eigenvalue weighted by molar-refractivity contribution is 0.492. The molecule has 0 saturated carbocycles. The van der Waals surface area contributed by atoms with Crippen LogP contribution in [0.15, 0.2) is 10.5 Å². The summed E-state index contributed by atoms with van der Waals surface area (Å²) in [5.41, 5.74) is 1.28. The molecule has 1 N–H and O–H groups in total. The number of rotatable bonds is 7. The molecule has 1 rings (SSSR count). The first-order valence-electron chi connectivity index (χ1n) is 6.00. The van der Waals surface area contributed by atoms with Gasteiger partial charge in [0, 0.05) is 18.2 Å². The van der Waals surface area contributed by atoms with Crippen molar-refractivity contribution in [1.29, 1.82) is 0 Å². The fourth-order valence-electron chi connectivity index (χ4n) is 1.65. The zero-order valence-electron chi connectivity index (χ0n) is 10.8. The van der Waals surface area contributed by atoms with Gasteiger partial charge >= 0.3 is 0 Å². The number of thioether (sulfide) groups is 1. The van der Waals surface area contributed by atoms with E-state index in [2.05, 4.69) is 25.2 Å². The second-order valence-corrected chi connectivity index (χ2v) is 5.60. The van der Waals surface area contributed by atoms with Crippen LogP contribution in [0.3, 0.4) is 0 Å². The minimum absolute atomic E-state index is 0.577. The largest absolute Gasteiger partial charge is 0.466 e. The Morgan fingerprint density at radius 2 is 2.19 bits per heavy atom. The molecule has 0 amide bonds. The van der Waals surface area contributed by atoms with Crippen molar-refractivity contribution in [2.45, 2.75) is 46.7 Å². The average Bonchev–Trinajstić information content (AvgIpc) is 2.55. The van der Waals surface area contributed by atoms with Crippen LogP contribution < -0.4 is 5.32 Å². The molecule has 0 aliphatic rings. The van der Waals surface area contributed by atoms with Gasteiger partial charge in [-0.2, -0.15) is 11.8 Å². The summed E-state index contributed by atoms with van der Waals surface area (Å²) in [6.45, 7) is 9.40. The molecule has 0 saturated heterocycles. The molecule has 0 fully saturated rings. The van der Waals surface area contributed by atoms with Gasteiger partial charge in [-0.1, -0.05) is 6.92 Å². The van der Waals surface area contributed by atoms with Crippen LogP contribution in [0.4, 0.5) is 0 Å². The van der Waals surface area contributed by atoms with Gasteiger partial charge in [-0.15, -0.1) is 0 Å². The fraction of sp³-hybridized carbons (Fsp3) is 0.692. The van der Waals surface area contributed by atoms with Gasteiger partial charge in [-0.05, 0) is 44.8 Å². The first kappa shape index (κ1) is 13.7. The molecule has 2 nitrogen and oxygen atoms in total. The van der Waals surface area contributed by atoms with E-state index in [1.54, 1.807) is 0 Å². The van der Waals surface area contributed by atoms with Gasteiger partial charge in [-0.25, -0.2) is 0 Å². The maximum absolute atomic E-state index is 5.50. The molecule has 0 spiro atoms. The molecular weight excluding hydrogens is 218 g/mol. The van der Waals surface area contributed by atoms with E-state index in [0.29, 0.717) is 6.04 Å². The van der Waals surface area contributed by atoms with E-state index < -0.39 is 0 Å². The van der Waals surface area contributed by atoms with Crippen molar-refractivity contribution < 1.29 is 4.42 Å². The molecular formula is C13H23NOS. The highest BCUT2D eigenvalue weighted by Gasteiger charge is 2.06. The minimum Gasteiger partial charge on any atom is -0.466 e. The van der Waals surface area contributed by atoms with E-state index in [0.717, 1.165) is 18.1 Å². The summed E-state index contributed by atoms with van der Waals surface area (Å²) >= 11 is 2.01. The van der Waals surface area contributed by atoms with Gasteiger partial charge in [-0.3, -0.25) is 0 Å². The summed E-state index contributed by atoms with van der Waals surface area (Å²) in [7, 11) is 0. The third-order valence-corrected chi connectivity index (χ3v) is 3.62. The molecule has 0 radical (unpaired) electrons. The number of hydrogen-bond acceptors (Lipinski definition) is 3. The van der Waals surface area contributed by atoms with Gasteiger partial charge in [0.25, 0.3) is 0 Å². The molecule has 0 aliphatic heterocycles. The zero-order chi connectivity index (χ0) is 12.0. The highest BCUT2D eigenvalue weighted by Crippen LogP contribution is 2.13. The van der Waals surface area contributed by atoms with Crippen LogP contribution in [0.2, 0.25) is 0 Å². The highest BCUT2D eigenvalue weighted by atomic mass is 32.2. The smallest absolute Gasteiger partial charge is 0.105 e. The number of aryl methyl sites for hydroxylation is 2. The Kier molecular flexibility index (Phi) is 5.99. The Morgan fingerprint density at radius 3 is 2.75 bits per heavy atom. The molecule has 1 unspecified atom stereocenters. The Hall–Kier alpha value is -0.410. The number of nitrogens with one attached hydrogen (secondary N) is 1. The molecule has 0 aliphatic carbocycles. The fourth-order valence-corrected chi connectivity index (χ4v) is 2.46. The van der Waals surface area contributed by atoms with Gasteiger partial charge in [0.2, 0.25) is 0 Å². The van der Waals surface area contributed by atoms with Crippen molar-refractivity contribution in [2.75, 3.05) is 11.5 Å². The monoisotopic (exact) mass is 241 g/mol. The van der Waals surface area contributed by atoms with Crippen LogP contribution in [-0.2, 0) is 6.54 Å². The SMILES string of the molecule is CCSCCC(C)NCc1cc(C)oc1C. The van der Waals surface area contributed by atoms with Crippen molar-refractivity contribution in [2.24, 2.45) is 0 Å². The topological polar surface area (TPSA) is 25.2 Å². The molecule has 0 bridgehead atoms. The van der Waals surface area contributed by atoms with Gasteiger partial charge in [0.05, 0.1) is 0 Å². The van der Waals surface area contributed by atoms with Crippen LogP contribution in [0.1, 0.15) is 37.4 Å². The van der Waals surface area contributed by atoms with Gasteiger partial charge in [0.15, 0.2) is 0 Å². The number of hydrogen-bond donors (Lipinski definition) is 1. The van der Waals surface area contributed by atoms with Crippen molar-refractivity contribution in [3.8, 4) is 0 Å². The summed E-state index contributed by atoms with van der Waals surface area (Å²) < 4.78 is 5.50. The van der Waals surface area contributed by atoms with E-state index in [1.165, 1.54) is 23.5 Å². The Labute approximate surface area is 103 Å². The van der Waals surface area contributed by atoms with E-state index in [9.17, 15) is 0 Å². The summed E-state index contributed by atoms with van der Waals surface area (Å²) in [4.78, 5) is 0. The molecule has 3 heteroatoms. The molecule has 1 aromatic rings.